The lowest BCUT2D eigenvalue weighted by atomic mass is 10.3. The Bertz CT molecular complexity index is 314. The summed E-state index contributed by atoms with van der Waals surface area (Å²) in [5.74, 6) is -0.0280. The number of amides is 1. The number of anilines is 1. The van der Waals surface area contributed by atoms with Crippen LogP contribution in [0, 0.1) is 0 Å². The summed E-state index contributed by atoms with van der Waals surface area (Å²) >= 11 is 0. The Balaban J connectivity index is 2.64. The fraction of sp³-hybridized carbons (Fsp3) is 0.417. The van der Waals surface area contributed by atoms with Crippen LogP contribution in [0.3, 0.4) is 0 Å². The monoisotopic (exact) mass is 222 g/mol. The second kappa shape index (κ2) is 6.85. The number of aliphatic hydroxyl groups is 1. The molecule has 0 unspecified atom stereocenters. The molecule has 0 heterocycles. The number of nitrogens with zero attached hydrogens (tertiary/aromatic N) is 1. The zero-order valence-corrected chi connectivity index (χ0v) is 9.52. The normalized spacial score (nSPS) is 9.88. The van der Waals surface area contributed by atoms with Crippen molar-refractivity contribution in [2.45, 2.75) is 6.92 Å². The first-order valence-electron chi connectivity index (χ1n) is 5.45. The predicted molar refractivity (Wildman–Crippen MR) is 64.4 cm³/mol. The summed E-state index contributed by atoms with van der Waals surface area (Å²) in [6.07, 6.45) is 0. The third kappa shape index (κ3) is 3.90. The van der Waals surface area contributed by atoms with Crippen LogP contribution in [0.2, 0.25) is 0 Å². The van der Waals surface area contributed by atoms with Crippen molar-refractivity contribution in [2.75, 3.05) is 31.1 Å². The van der Waals surface area contributed by atoms with Gasteiger partial charge in [0.1, 0.15) is 0 Å². The largest absolute Gasteiger partial charge is 0.395 e. The molecular weight excluding hydrogens is 204 g/mol. The number of aliphatic hydroxyl groups excluding tert-OH is 1. The van der Waals surface area contributed by atoms with Gasteiger partial charge in [0.25, 0.3) is 0 Å². The molecule has 0 aliphatic heterocycles. The molecule has 16 heavy (non-hydrogen) atoms. The highest BCUT2D eigenvalue weighted by molar-refractivity contribution is 5.81. The molecule has 0 saturated heterocycles. The minimum Gasteiger partial charge on any atom is -0.395 e. The third-order valence-electron chi connectivity index (χ3n) is 2.20. The third-order valence-corrected chi connectivity index (χ3v) is 2.20. The van der Waals surface area contributed by atoms with Crippen LogP contribution in [0.4, 0.5) is 5.69 Å². The van der Waals surface area contributed by atoms with Gasteiger partial charge in [0.05, 0.1) is 13.2 Å². The van der Waals surface area contributed by atoms with Gasteiger partial charge in [-0.2, -0.15) is 0 Å². The van der Waals surface area contributed by atoms with Gasteiger partial charge in [-0.25, -0.2) is 0 Å². The van der Waals surface area contributed by atoms with Crippen LogP contribution < -0.4 is 10.2 Å². The maximum atomic E-state index is 11.5. The van der Waals surface area contributed by atoms with Crippen LogP contribution in [-0.2, 0) is 4.79 Å². The molecule has 0 radical (unpaired) electrons. The van der Waals surface area contributed by atoms with Gasteiger partial charge < -0.3 is 15.3 Å². The average Bonchev–Trinajstić information content (AvgIpc) is 2.30. The van der Waals surface area contributed by atoms with Crippen molar-refractivity contribution < 1.29 is 9.90 Å². The Morgan fingerprint density at radius 1 is 1.38 bits per heavy atom. The maximum Gasteiger partial charge on any atom is 0.239 e. The summed E-state index contributed by atoms with van der Waals surface area (Å²) in [5.41, 5.74) is 0.947. The van der Waals surface area contributed by atoms with Crippen molar-refractivity contribution in [3.63, 3.8) is 0 Å². The fourth-order valence-corrected chi connectivity index (χ4v) is 1.49. The lowest BCUT2D eigenvalue weighted by molar-refractivity contribution is -0.119. The van der Waals surface area contributed by atoms with E-state index in [0.717, 1.165) is 5.69 Å². The smallest absolute Gasteiger partial charge is 0.239 e. The van der Waals surface area contributed by atoms with Crippen LogP contribution in [-0.4, -0.2) is 37.3 Å². The molecule has 0 fully saturated rings. The molecule has 88 valence electrons. The topological polar surface area (TPSA) is 52.6 Å². The molecule has 1 aromatic rings. The van der Waals surface area contributed by atoms with Crippen LogP contribution in [0.15, 0.2) is 30.3 Å². The average molecular weight is 222 g/mol. The number of carbonyl (C=O) groups excluding carboxylic acids is 1. The first kappa shape index (κ1) is 12.5. The van der Waals surface area contributed by atoms with E-state index >= 15 is 0 Å². The van der Waals surface area contributed by atoms with Crippen molar-refractivity contribution in [2.24, 2.45) is 0 Å². The molecule has 4 nitrogen and oxygen atoms in total. The number of hydrogen-bond donors (Lipinski definition) is 2. The van der Waals surface area contributed by atoms with Gasteiger partial charge in [0.2, 0.25) is 5.91 Å². The second-order valence-electron chi connectivity index (χ2n) is 3.43. The number of carbonyl (C=O) groups is 1. The zero-order valence-electron chi connectivity index (χ0n) is 9.52. The molecule has 0 aliphatic carbocycles. The minimum atomic E-state index is -0.0280. The molecule has 0 atom stereocenters. The van der Waals surface area contributed by atoms with Crippen molar-refractivity contribution in [3.8, 4) is 0 Å². The van der Waals surface area contributed by atoms with Crippen molar-refractivity contribution in [1.82, 2.24) is 5.32 Å². The Hall–Kier alpha value is -1.55. The summed E-state index contributed by atoms with van der Waals surface area (Å²) in [6, 6.07) is 9.60. The van der Waals surface area contributed by atoms with Crippen LogP contribution in [0.5, 0.6) is 0 Å². The van der Waals surface area contributed by atoms with E-state index < -0.39 is 0 Å². The van der Waals surface area contributed by atoms with Crippen LogP contribution in [0.1, 0.15) is 6.92 Å². The van der Waals surface area contributed by atoms with E-state index in [1.54, 1.807) is 0 Å². The summed E-state index contributed by atoms with van der Waals surface area (Å²) in [7, 11) is 0. The molecule has 0 bridgehead atoms. The number of para-hydroxylation sites is 1. The number of rotatable bonds is 6. The van der Waals surface area contributed by atoms with E-state index in [-0.39, 0.29) is 19.1 Å². The molecular formula is C12H18N2O2. The number of nitrogens with one attached hydrogen (secondary N) is 1. The van der Waals surface area contributed by atoms with Gasteiger partial charge in [-0.1, -0.05) is 18.2 Å². The Kier molecular flexibility index (Phi) is 5.36. The first-order valence-corrected chi connectivity index (χ1v) is 5.45. The number of hydrogen-bond acceptors (Lipinski definition) is 3. The lowest BCUT2D eigenvalue weighted by Crippen LogP contribution is -2.38. The first-order chi connectivity index (χ1) is 7.77. The quantitative estimate of drug-likeness (QED) is 0.742. The molecule has 0 spiro atoms. The summed E-state index contributed by atoms with van der Waals surface area (Å²) in [4.78, 5) is 13.3. The maximum absolute atomic E-state index is 11.5. The lowest BCUT2D eigenvalue weighted by Gasteiger charge is -2.23. The molecule has 1 amide bonds. The molecule has 0 aliphatic rings. The Labute approximate surface area is 95.9 Å². The predicted octanol–water partition coefficient (Wildman–Crippen LogP) is 0.621. The highest BCUT2D eigenvalue weighted by atomic mass is 16.3. The molecule has 2 N–H and O–H groups in total. The van der Waals surface area contributed by atoms with Gasteiger partial charge in [0, 0.05) is 18.8 Å². The zero-order chi connectivity index (χ0) is 11.8. The highest BCUT2D eigenvalue weighted by Crippen LogP contribution is 2.11. The van der Waals surface area contributed by atoms with E-state index in [4.69, 9.17) is 5.11 Å². The molecule has 0 saturated carbocycles. The number of benzene rings is 1. The van der Waals surface area contributed by atoms with E-state index in [9.17, 15) is 4.79 Å². The summed E-state index contributed by atoms with van der Waals surface area (Å²) in [6.45, 7) is 3.28. The standard InChI is InChI=1S/C12H18N2O2/c1-2-13-12(16)10-14(8-9-15)11-6-4-3-5-7-11/h3-7,15H,2,8-10H2,1H3,(H,13,16). The molecule has 1 aromatic carbocycles. The van der Waals surface area contributed by atoms with E-state index in [0.29, 0.717) is 13.1 Å². The Morgan fingerprint density at radius 2 is 2.06 bits per heavy atom. The highest BCUT2D eigenvalue weighted by Gasteiger charge is 2.09. The molecule has 1 rings (SSSR count). The van der Waals surface area contributed by atoms with Gasteiger partial charge in [0.15, 0.2) is 0 Å². The minimum absolute atomic E-state index is 0.0280. The van der Waals surface area contributed by atoms with Crippen molar-refractivity contribution in [1.29, 1.82) is 0 Å². The molecule has 4 heteroatoms. The van der Waals surface area contributed by atoms with E-state index in [1.807, 2.05) is 42.2 Å². The molecule has 0 aromatic heterocycles. The summed E-state index contributed by atoms with van der Waals surface area (Å²) in [5, 5.41) is 11.7. The van der Waals surface area contributed by atoms with Gasteiger partial charge in [-0.15, -0.1) is 0 Å². The van der Waals surface area contributed by atoms with Crippen LogP contribution >= 0.6 is 0 Å². The fourth-order valence-electron chi connectivity index (χ4n) is 1.49. The van der Waals surface area contributed by atoms with Crippen LogP contribution in [0.25, 0.3) is 0 Å². The van der Waals surface area contributed by atoms with Crippen molar-refractivity contribution in [3.05, 3.63) is 30.3 Å². The second-order valence-corrected chi connectivity index (χ2v) is 3.43. The Morgan fingerprint density at radius 3 is 2.62 bits per heavy atom. The van der Waals surface area contributed by atoms with Gasteiger partial charge in [-0.05, 0) is 19.1 Å². The van der Waals surface area contributed by atoms with Gasteiger partial charge >= 0.3 is 0 Å². The van der Waals surface area contributed by atoms with Gasteiger partial charge in [-0.3, -0.25) is 4.79 Å². The van der Waals surface area contributed by atoms with Crippen molar-refractivity contribution >= 4 is 11.6 Å². The number of likely N-dealkylation sites (N-methyl/N-ethyl adjacent to an activating group) is 1. The SMILES string of the molecule is CCNC(=O)CN(CCO)c1ccccc1. The van der Waals surface area contributed by atoms with E-state index in [2.05, 4.69) is 5.32 Å². The summed E-state index contributed by atoms with van der Waals surface area (Å²) < 4.78 is 0. The van der Waals surface area contributed by atoms with E-state index in [1.165, 1.54) is 0 Å².